The zero-order valence-electron chi connectivity index (χ0n) is 11.8. The summed E-state index contributed by atoms with van der Waals surface area (Å²) in [6, 6.07) is 2.17. The molecule has 1 atom stereocenters. The first-order chi connectivity index (χ1) is 8.04. The Kier molecular flexibility index (Phi) is 5.19. The summed E-state index contributed by atoms with van der Waals surface area (Å²) in [6.07, 6.45) is 5.50. The third kappa shape index (κ3) is 3.84. The maximum absolute atomic E-state index is 6.51. The highest BCUT2D eigenvalue weighted by atomic mass is 15.3. The maximum atomic E-state index is 6.51. The Morgan fingerprint density at radius 3 is 2.59 bits per heavy atom. The largest absolute Gasteiger partial charge is 0.325 e. The Morgan fingerprint density at radius 2 is 2.06 bits per heavy atom. The van der Waals surface area contributed by atoms with Gasteiger partial charge >= 0.3 is 0 Å². The van der Waals surface area contributed by atoms with Gasteiger partial charge in [-0.2, -0.15) is 5.10 Å². The van der Waals surface area contributed by atoms with E-state index in [-0.39, 0.29) is 5.54 Å². The highest BCUT2D eigenvalue weighted by Gasteiger charge is 2.24. The van der Waals surface area contributed by atoms with Crippen molar-refractivity contribution in [1.29, 1.82) is 0 Å². The van der Waals surface area contributed by atoms with Gasteiger partial charge in [-0.1, -0.05) is 26.7 Å². The molecule has 1 aromatic rings. The van der Waals surface area contributed by atoms with E-state index >= 15 is 0 Å². The standard InChI is InChI=1S/C14H27N3/c1-5-8-9-14(15,6-2)11-13-10-12(4)16-17(13)7-3/h10H,5-9,11,15H2,1-4H3. The van der Waals surface area contributed by atoms with Gasteiger partial charge in [-0.25, -0.2) is 0 Å². The molecule has 0 radical (unpaired) electrons. The Labute approximate surface area is 105 Å². The van der Waals surface area contributed by atoms with Gasteiger partial charge < -0.3 is 5.73 Å². The van der Waals surface area contributed by atoms with Gasteiger partial charge in [0, 0.05) is 24.2 Å². The molecule has 1 aromatic heterocycles. The van der Waals surface area contributed by atoms with Crippen LogP contribution >= 0.6 is 0 Å². The van der Waals surface area contributed by atoms with Gasteiger partial charge in [-0.15, -0.1) is 0 Å². The molecule has 1 heterocycles. The van der Waals surface area contributed by atoms with E-state index in [2.05, 4.69) is 36.6 Å². The smallest absolute Gasteiger partial charge is 0.0596 e. The van der Waals surface area contributed by atoms with Gasteiger partial charge in [0.1, 0.15) is 0 Å². The molecule has 98 valence electrons. The molecule has 1 rings (SSSR count). The van der Waals surface area contributed by atoms with E-state index in [1.165, 1.54) is 18.5 Å². The molecule has 0 aliphatic heterocycles. The third-order valence-electron chi connectivity index (χ3n) is 3.55. The van der Waals surface area contributed by atoms with Crippen molar-refractivity contribution in [2.45, 2.75) is 71.9 Å². The van der Waals surface area contributed by atoms with Crippen molar-refractivity contribution in [3.8, 4) is 0 Å². The van der Waals surface area contributed by atoms with Crippen LogP contribution in [-0.2, 0) is 13.0 Å². The number of nitrogens with two attached hydrogens (primary N) is 1. The Hall–Kier alpha value is -0.830. The number of aryl methyl sites for hydroxylation is 2. The van der Waals surface area contributed by atoms with Crippen molar-refractivity contribution in [2.75, 3.05) is 0 Å². The molecule has 3 heteroatoms. The average Bonchev–Trinajstić information content (AvgIpc) is 2.66. The fraction of sp³-hybridized carbons (Fsp3) is 0.786. The zero-order valence-corrected chi connectivity index (χ0v) is 11.8. The SMILES string of the molecule is CCCCC(N)(CC)Cc1cc(C)nn1CC. The van der Waals surface area contributed by atoms with E-state index in [4.69, 9.17) is 5.73 Å². The minimum absolute atomic E-state index is 0.0601. The molecule has 2 N–H and O–H groups in total. The Bertz CT molecular complexity index is 343. The highest BCUT2D eigenvalue weighted by Crippen LogP contribution is 2.21. The lowest BCUT2D eigenvalue weighted by molar-refractivity contribution is 0.355. The fourth-order valence-electron chi connectivity index (χ4n) is 2.29. The number of rotatable bonds is 7. The molecule has 0 saturated heterocycles. The quantitative estimate of drug-likeness (QED) is 0.792. The zero-order chi connectivity index (χ0) is 12.9. The van der Waals surface area contributed by atoms with E-state index < -0.39 is 0 Å². The van der Waals surface area contributed by atoms with Gasteiger partial charge in [0.2, 0.25) is 0 Å². The topological polar surface area (TPSA) is 43.8 Å². The summed E-state index contributed by atoms with van der Waals surface area (Å²) in [4.78, 5) is 0. The van der Waals surface area contributed by atoms with Crippen LogP contribution in [0, 0.1) is 6.92 Å². The summed E-state index contributed by atoms with van der Waals surface area (Å²) < 4.78 is 2.08. The molecule has 0 bridgehead atoms. The number of hydrogen-bond donors (Lipinski definition) is 1. The lowest BCUT2D eigenvalue weighted by Gasteiger charge is -2.28. The molecule has 3 nitrogen and oxygen atoms in total. The number of aromatic nitrogens is 2. The van der Waals surface area contributed by atoms with Crippen LogP contribution in [0.15, 0.2) is 6.07 Å². The minimum atomic E-state index is -0.0601. The predicted molar refractivity (Wildman–Crippen MR) is 73.1 cm³/mol. The second-order valence-electron chi connectivity index (χ2n) is 5.09. The van der Waals surface area contributed by atoms with Gasteiger partial charge in [-0.05, 0) is 32.8 Å². The van der Waals surface area contributed by atoms with Gasteiger partial charge in [0.05, 0.1) is 5.69 Å². The fourth-order valence-corrected chi connectivity index (χ4v) is 2.29. The molecule has 0 saturated carbocycles. The summed E-state index contributed by atoms with van der Waals surface area (Å²) in [5, 5.41) is 4.49. The van der Waals surface area contributed by atoms with Crippen molar-refractivity contribution in [2.24, 2.45) is 5.73 Å². The van der Waals surface area contributed by atoms with Crippen LogP contribution in [0.25, 0.3) is 0 Å². The molecule has 0 amide bonds. The van der Waals surface area contributed by atoms with Gasteiger partial charge in [0.25, 0.3) is 0 Å². The normalized spacial score (nSPS) is 14.9. The van der Waals surface area contributed by atoms with Gasteiger partial charge in [0.15, 0.2) is 0 Å². The molecule has 0 aromatic carbocycles. The van der Waals surface area contributed by atoms with Crippen molar-refractivity contribution < 1.29 is 0 Å². The van der Waals surface area contributed by atoms with E-state index in [1.54, 1.807) is 0 Å². The second kappa shape index (κ2) is 6.20. The Balaban J connectivity index is 2.78. The van der Waals surface area contributed by atoms with E-state index in [9.17, 15) is 0 Å². The summed E-state index contributed by atoms with van der Waals surface area (Å²) in [7, 11) is 0. The van der Waals surface area contributed by atoms with Crippen molar-refractivity contribution in [3.05, 3.63) is 17.5 Å². The van der Waals surface area contributed by atoms with Crippen LogP contribution in [0.2, 0.25) is 0 Å². The lowest BCUT2D eigenvalue weighted by atomic mass is 9.86. The third-order valence-corrected chi connectivity index (χ3v) is 3.55. The molecule has 0 spiro atoms. The van der Waals surface area contributed by atoms with Crippen LogP contribution in [0.4, 0.5) is 0 Å². The maximum Gasteiger partial charge on any atom is 0.0596 e. The first kappa shape index (κ1) is 14.2. The summed E-state index contributed by atoms with van der Waals surface area (Å²) in [6.45, 7) is 9.51. The summed E-state index contributed by atoms with van der Waals surface area (Å²) in [5.41, 5.74) is 8.82. The van der Waals surface area contributed by atoms with Crippen LogP contribution in [0.1, 0.15) is 57.8 Å². The molecule has 0 aliphatic carbocycles. The van der Waals surface area contributed by atoms with Crippen LogP contribution < -0.4 is 5.73 Å². The van der Waals surface area contributed by atoms with Crippen LogP contribution in [-0.4, -0.2) is 15.3 Å². The minimum Gasteiger partial charge on any atom is -0.325 e. The average molecular weight is 237 g/mol. The van der Waals surface area contributed by atoms with Crippen LogP contribution in [0.5, 0.6) is 0 Å². The Morgan fingerprint density at radius 1 is 1.35 bits per heavy atom. The van der Waals surface area contributed by atoms with E-state index in [0.29, 0.717) is 0 Å². The molecule has 17 heavy (non-hydrogen) atoms. The predicted octanol–water partition coefficient (Wildman–Crippen LogP) is 3.05. The molecular weight excluding hydrogens is 210 g/mol. The highest BCUT2D eigenvalue weighted by molar-refractivity contribution is 5.12. The molecule has 1 unspecified atom stereocenters. The number of hydrogen-bond acceptors (Lipinski definition) is 2. The van der Waals surface area contributed by atoms with Crippen LogP contribution in [0.3, 0.4) is 0 Å². The van der Waals surface area contributed by atoms with Crippen molar-refractivity contribution >= 4 is 0 Å². The second-order valence-corrected chi connectivity index (χ2v) is 5.09. The first-order valence-corrected chi connectivity index (χ1v) is 6.87. The first-order valence-electron chi connectivity index (χ1n) is 6.87. The van der Waals surface area contributed by atoms with Crippen molar-refractivity contribution in [1.82, 2.24) is 9.78 Å². The molecule has 0 fully saturated rings. The van der Waals surface area contributed by atoms with Crippen molar-refractivity contribution in [3.63, 3.8) is 0 Å². The van der Waals surface area contributed by atoms with E-state index in [1.807, 2.05) is 6.92 Å². The monoisotopic (exact) mass is 237 g/mol. The summed E-state index contributed by atoms with van der Waals surface area (Å²) in [5.74, 6) is 0. The van der Waals surface area contributed by atoms with Gasteiger partial charge in [-0.3, -0.25) is 4.68 Å². The number of unbranched alkanes of at least 4 members (excludes halogenated alkanes) is 1. The molecule has 0 aliphatic rings. The summed E-state index contributed by atoms with van der Waals surface area (Å²) >= 11 is 0. The van der Waals surface area contributed by atoms with E-state index in [0.717, 1.165) is 31.5 Å². The molecular formula is C14H27N3. The lowest BCUT2D eigenvalue weighted by Crippen LogP contribution is -2.42. The number of nitrogens with zero attached hydrogens (tertiary/aromatic N) is 2.